The zero-order valence-corrected chi connectivity index (χ0v) is 14.0. The molecule has 0 rings (SSSR count). The van der Waals surface area contributed by atoms with Crippen LogP contribution in [0.1, 0.15) is 13.8 Å². The molecule has 0 atom stereocenters. The second kappa shape index (κ2) is 5.83. The molecule has 2 nitrogen and oxygen atoms in total. The summed E-state index contributed by atoms with van der Waals surface area (Å²) in [6.07, 6.45) is 0. The molecule has 0 amide bonds. The quantitative estimate of drug-likeness (QED) is 0.669. The fourth-order valence-corrected chi connectivity index (χ4v) is 13.3. The summed E-state index contributed by atoms with van der Waals surface area (Å²) in [5, 5.41) is 2.45. The fourth-order valence-electron chi connectivity index (χ4n) is 1.62. The average molecular weight is 248 g/mol. The standard InChI is InChI=1S/C5H15O2Si2.2C2H5.Al/c1-8(2,3)7-9(4,5)6;2*1-2;/h1-5H3;2*1H2,2H3;/q-1;;;+1. The topological polar surface area (TPSA) is 18.5 Å². The lowest BCUT2D eigenvalue weighted by molar-refractivity contribution is 0.400. The smallest absolute Gasteiger partial charge is 0.450 e. The maximum Gasteiger partial charge on any atom is 0.450 e. The van der Waals surface area contributed by atoms with E-state index in [0.717, 1.165) is 0 Å². The Kier molecular flexibility index (Phi) is 6.20. The zero-order valence-electron chi connectivity index (χ0n) is 10.8. The van der Waals surface area contributed by atoms with E-state index in [9.17, 15) is 0 Å². The highest BCUT2D eigenvalue weighted by Crippen LogP contribution is 2.18. The minimum atomic E-state index is -1.82. The van der Waals surface area contributed by atoms with Crippen molar-refractivity contribution in [1.82, 2.24) is 0 Å². The summed E-state index contributed by atoms with van der Waals surface area (Å²) >= 11 is -0.948. The molecule has 84 valence electrons. The predicted molar refractivity (Wildman–Crippen MR) is 69.7 cm³/mol. The van der Waals surface area contributed by atoms with E-state index in [4.69, 9.17) is 7.59 Å². The van der Waals surface area contributed by atoms with Crippen molar-refractivity contribution in [2.24, 2.45) is 0 Å². The number of hydrogen-bond acceptors (Lipinski definition) is 2. The maximum atomic E-state index is 6.20. The van der Waals surface area contributed by atoms with Crippen molar-refractivity contribution in [2.45, 2.75) is 57.1 Å². The lowest BCUT2D eigenvalue weighted by Gasteiger charge is -2.33. The highest BCUT2D eigenvalue weighted by Gasteiger charge is 2.34. The molecule has 0 saturated carbocycles. The highest BCUT2D eigenvalue weighted by molar-refractivity contribution is 6.84. The number of rotatable bonds is 6. The van der Waals surface area contributed by atoms with Gasteiger partial charge in [0.05, 0.1) is 0 Å². The van der Waals surface area contributed by atoms with Crippen molar-refractivity contribution < 1.29 is 7.59 Å². The molecule has 0 saturated heterocycles. The summed E-state index contributed by atoms with van der Waals surface area (Å²) in [6.45, 7) is 15.6. The fraction of sp³-hybridized carbons (Fsp3) is 1.00. The SMILES string of the molecule is C[CH2][Al]([CH2]C)[O][Si](C)(C)O[Si](C)(C)C. The molecule has 0 spiro atoms. The van der Waals surface area contributed by atoms with Gasteiger partial charge in [-0.3, -0.25) is 0 Å². The Morgan fingerprint density at radius 2 is 1.36 bits per heavy atom. The van der Waals surface area contributed by atoms with Crippen LogP contribution in [0.2, 0.25) is 43.3 Å². The largest absolute Gasteiger partial charge is 0.526 e. The minimum absolute atomic E-state index is 0.948. The van der Waals surface area contributed by atoms with Crippen LogP contribution in [0.15, 0.2) is 0 Å². The third-order valence-electron chi connectivity index (χ3n) is 1.91. The highest BCUT2D eigenvalue weighted by atomic mass is 28.4. The summed E-state index contributed by atoms with van der Waals surface area (Å²) in [5.41, 5.74) is 0. The molecule has 14 heavy (non-hydrogen) atoms. The minimum Gasteiger partial charge on any atom is -0.526 e. The van der Waals surface area contributed by atoms with Gasteiger partial charge in [0.25, 0.3) is 8.56 Å². The van der Waals surface area contributed by atoms with Gasteiger partial charge in [-0.2, -0.15) is 0 Å². The summed E-state index contributed by atoms with van der Waals surface area (Å²) < 4.78 is 12.4. The molecule has 0 aliphatic rings. The first kappa shape index (κ1) is 14.9. The van der Waals surface area contributed by atoms with Crippen LogP contribution in [0, 0.1) is 0 Å². The first-order valence-electron chi connectivity index (χ1n) is 5.58. The van der Waals surface area contributed by atoms with Gasteiger partial charge in [0, 0.05) is 0 Å². The summed E-state index contributed by atoms with van der Waals surface area (Å²) in [5.74, 6) is 0. The average Bonchev–Trinajstić information content (AvgIpc) is 1.95. The van der Waals surface area contributed by atoms with Gasteiger partial charge in [0.15, 0.2) is 8.32 Å². The lowest BCUT2D eigenvalue weighted by Crippen LogP contribution is -2.47. The molecule has 0 aliphatic carbocycles. The molecule has 0 aromatic rings. The monoisotopic (exact) mass is 248 g/mol. The van der Waals surface area contributed by atoms with Crippen LogP contribution in [0.5, 0.6) is 0 Å². The van der Waals surface area contributed by atoms with Crippen LogP contribution in [0.4, 0.5) is 0 Å². The molecule has 0 bridgehead atoms. The third-order valence-corrected chi connectivity index (χ3v) is 11.8. The van der Waals surface area contributed by atoms with E-state index >= 15 is 0 Å². The normalized spacial score (nSPS) is 13.1. The van der Waals surface area contributed by atoms with Gasteiger partial charge in [0.1, 0.15) is 0 Å². The van der Waals surface area contributed by atoms with Gasteiger partial charge >= 0.3 is 14.5 Å². The summed E-state index contributed by atoms with van der Waals surface area (Å²) in [7, 11) is -3.25. The van der Waals surface area contributed by atoms with Crippen molar-refractivity contribution >= 4 is 31.4 Å². The second-order valence-electron chi connectivity index (χ2n) is 5.17. The molecular weight excluding hydrogens is 223 g/mol. The first-order chi connectivity index (χ1) is 6.20. The molecular formula is C9H25AlO2Si2. The molecule has 0 aromatic carbocycles. The first-order valence-corrected chi connectivity index (χ1v) is 13.9. The van der Waals surface area contributed by atoms with Gasteiger partial charge in [0.2, 0.25) is 0 Å². The Morgan fingerprint density at radius 1 is 0.929 bits per heavy atom. The maximum absolute atomic E-state index is 6.20. The van der Waals surface area contributed by atoms with E-state index in [1.54, 1.807) is 0 Å². The van der Waals surface area contributed by atoms with E-state index in [1.807, 2.05) is 0 Å². The van der Waals surface area contributed by atoms with E-state index in [2.05, 4.69) is 46.6 Å². The Balaban J connectivity index is 4.18. The van der Waals surface area contributed by atoms with Gasteiger partial charge in [-0.25, -0.2) is 0 Å². The molecule has 0 heterocycles. The van der Waals surface area contributed by atoms with Crippen LogP contribution >= 0.6 is 0 Å². The van der Waals surface area contributed by atoms with Crippen LogP contribution < -0.4 is 0 Å². The second-order valence-corrected chi connectivity index (χ2v) is 16.8. The summed E-state index contributed by atoms with van der Waals surface area (Å²) in [6, 6.07) is 0. The Hall–Kier alpha value is 0.886. The summed E-state index contributed by atoms with van der Waals surface area (Å²) in [4.78, 5) is 0. The Morgan fingerprint density at radius 3 is 1.64 bits per heavy atom. The molecule has 0 N–H and O–H groups in total. The van der Waals surface area contributed by atoms with Gasteiger partial charge in [-0.1, -0.05) is 24.4 Å². The van der Waals surface area contributed by atoms with Gasteiger partial charge in [-0.05, 0) is 32.7 Å². The van der Waals surface area contributed by atoms with E-state index in [1.165, 1.54) is 10.6 Å². The predicted octanol–water partition coefficient (Wildman–Crippen LogP) is 3.59. The molecule has 0 aliphatic heterocycles. The Bertz CT molecular complexity index is 165. The van der Waals surface area contributed by atoms with E-state index < -0.39 is 31.4 Å². The van der Waals surface area contributed by atoms with Crippen molar-refractivity contribution in [3.05, 3.63) is 0 Å². The van der Waals surface area contributed by atoms with Gasteiger partial charge < -0.3 is 7.59 Å². The van der Waals surface area contributed by atoms with Gasteiger partial charge in [-0.15, -0.1) is 0 Å². The van der Waals surface area contributed by atoms with Crippen LogP contribution in [-0.2, 0) is 7.59 Å². The van der Waals surface area contributed by atoms with Crippen molar-refractivity contribution in [3.63, 3.8) is 0 Å². The molecule has 5 heteroatoms. The van der Waals surface area contributed by atoms with E-state index in [0.29, 0.717) is 0 Å². The molecule has 0 aromatic heterocycles. The lowest BCUT2D eigenvalue weighted by atomic mass is 10.9. The van der Waals surface area contributed by atoms with Crippen molar-refractivity contribution in [1.29, 1.82) is 0 Å². The Labute approximate surface area is 96.1 Å². The molecule has 0 radical (unpaired) electrons. The van der Waals surface area contributed by atoms with Crippen molar-refractivity contribution in [2.75, 3.05) is 0 Å². The number of hydrogen-bond donors (Lipinski definition) is 0. The van der Waals surface area contributed by atoms with Crippen molar-refractivity contribution in [3.8, 4) is 0 Å². The van der Waals surface area contributed by atoms with Crippen LogP contribution in [0.3, 0.4) is 0 Å². The third kappa shape index (κ3) is 7.21. The molecule has 0 unspecified atom stereocenters. The van der Waals surface area contributed by atoms with Crippen LogP contribution in [-0.4, -0.2) is 31.4 Å². The zero-order chi connectivity index (χ0) is 11.4. The molecule has 0 fully saturated rings. The van der Waals surface area contributed by atoms with Crippen LogP contribution in [0.25, 0.3) is 0 Å². The van der Waals surface area contributed by atoms with E-state index in [-0.39, 0.29) is 0 Å².